The molecule has 0 aliphatic rings. The topological polar surface area (TPSA) is 43.4 Å². The first-order chi connectivity index (χ1) is 7.06. The van der Waals surface area contributed by atoms with Crippen molar-refractivity contribution in [3.63, 3.8) is 0 Å². The smallest absolute Gasteiger partial charge is 0.331 e. The van der Waals surface area contributed by atoms with E-state index in [9.17, 15) is 9.59 Å². The van der Waals surface area contributed by atoms with Gasteiger partial charge in [-0.1, -0.05) is 11.6 Å². The van der Waals surface area contributed by atoms with Crippen LogP contribution >= 0.6 is 23.2 Å². The number of methoxy groups -OCH3 is 1. The number of benzene rings is 1. The van der Waals surface area contributed by atoms with Crippen LogP contribution in [0.1, 0.15) is 10.4 Å². The van der Waals surface area contributed by atoms with Gasteiger partial charge in [-0.15, -0.1) is 11.6 Å². The second-order valence-corrected chi connectivity index (χ2v) is 3.63. The molecule has 0 heterocycles. The monoisotopic (exact) mass is 246 g/mol. The zero-order chi connectivity index (χ0) is 11.4. The van der Waals surface area contributed by atoms with Crippen molar-refractivity contribution >= 4 is 35.0 Å². The maximum Gasteiger partial charge on any atom is 0.331 e. The number of carbonyl (C=O) groups is 2. The van der Waals surface area contributed by atoms with Crippen molar-refractivity contribution in [2.75, 3.05) is 7.11 Å². The molecule has 1 aromatic rings. The van der Waals surface area contributed by atoms with E-state index in [0.29, 0.717) is 10.6 Å². The molecule has 0 aromatic heterocycles. The summed E-state index contributed by atoms with van der Waals surface area (Å²) in [7, 11) is 1.17. The number of ketones is 1. The van der Waals surface area contributed by atoms with E-state index < -0.39 is 17.1 Å². The standard InChI is InChI=1S/C10H8Cl2O3/c1-15-10(14)8(12)9(13)6-2-4-7(11)5-3-6/h2-5,8H,1H3. The highest BCUT2D eigenvalue weighted by molar-refractivity contribution is 6.43. The number of hydrogen-bond donors (Lipinski definition) is 0. The summed E-state index contributed by atoms with van der Waals surface area (Å²) in [5.41, 5.74) is 0.324. The summed E-state index contributed by atoms with van der Waals surface area (Å²) < 4.78 is 4.36. The summed E-state index contributed by atoms with van der Waals surface area (Å²) in [4.78, 5) is 22.6. The second kappa shape index (κ2) is 5.14. The molecule has 1 atom stereocenters. The minimum absolute atomic E-state index is 0.324. The number of carbonyl (C=O) groups excluding carboxylic acids is 2. The van der Waals surface area contributed by atoms with E-state index in [1.807, 2.05) is 0 Å². The zero-order valence-electron chi connectivity index (χ0n) is 7.87. The highest BCUT2D eigenvalue weighted by Crippen LogP contribution is 2.13. The third kappa shape index (κ3) is 2.94. The Morgan fingerprint density at radius 3 is 2.27 bits per heavy atom. The maximum atomic E-state index is 11.6. The van der Waals surface area contributed by atoms with Gasteiger partial charge in [0.15, 0.2) is 11.2 Å². The van der Waals surface area contributed by atoms with E-state index in [0.717, 1.165) is 0 Å². The molecule has 0 fully saturated rings. The predicted octanol–water partition coefficient (Wildman–Crippen LogP) is 2.30. The van der Waals surface area contributed by atoms with Crippen molar-refractivity contribution in [3.8, 4) is 0 Å². The van der Waals surface area contributed by atoms with Crippen LogP contribution in [0.3, 0.4) is 0 Å². The van der Waals surface area contributed by atoms with Crippen molar-refractivity contribution in [1.82, 2.24) is 0 Å². The van der Waals surface area contributed by atoms with E-state index in [2.05, 4.69) is 4.74 Å². The summed E-state index contributed by atoms with van der Waals surface area (Å²) in [5, 5.41) is -0.799. The lowest BCUT2D eigenvalue weighted by Gasteiger charge is -2.05. The van der Waals surface area contributed by atoms with Gasteiger partial charge in [-0.05, 0) is 24.3 Å². The van der Waals surface area contributed by atoms with Crippen LogP contribution in [0.4, 0.5) is 0 Å². The van der Waals surface area contributed by atoms with Crippen molar-refractivity contribution in [3.05, 3.63) is 34.9 Å². The first-order valence-electron chi connectivity index (χ1n) is 4.08. The van der Waals surface area contributed by atoms with Gasteiger partial charge in [0.1, 0.15) is 0 Å². The zero-order valence-corrected chi connectivity index (χ0v) is 9.38. The van der Waals surface area contributed by atoms with Crippen LogP contribution in [-0.2, 0) is 9.53 Å². The molecule has 0 bridgehead atoms. The van der Waals surface area contributed by atoms with E-state index in [1.165, 1.54) is 19.2 Å². The van der Waals surface area contributed by atoms with E-state index in [1.54, 1.807) is 12.1 Å². The first kappa shape index (κ1) is 12.0. The molecule has 0 radical (unpaired) electrons. The van der Waals surface area contributed by atoms with Gasteiger partial charge in [0, 0.05) is 10.6 Å². The quantitative estimate of drug-likeness (QED) is 0.356. The molecule has 0 spiro atoms. The Hall–Kier alpha value is -1.06. The lowest BCUT2D eigenvalue weighted by molar-refractivity contribution is -0.139. The summed E-state index contributed by atoms with van der Waals surface area (Å²) in [6.07, 6.45) is 0. The van der Waals surface area contributed by atoms with E-state index in [4.69, 9.17) is 23.2 Å². The normalized spacial score (nSPS) is 11.9. The molecule has 15 heavy (non-hydrogen) atoms. The lowest BCUT2D eigenvalue weighted by Crippen LogP contribution is -2.25. The number of hydrogen-bond acceptors (Lipinski definition) is 3. The molecule has 0 aliphatic carbocycles. The van der Waals surface area contributed by atoms with Gasteiger partial charge in [0.25, 0.3) is 0 Å². The molecule has 0 aliphatic heterocycles. The van der Waals surface area contributed by atoms with Crippen molar-refractivity contribution in [2.45, 2.75) is 5.38 Å². The molecular formula is C10H8Cl2O3. The molecule has 5 heteroatoms. The molecule has 0 saturated heterocycles. The molecule has 1 rings (SSSR count). The molecular weight excluding hydrogens is 239 g/mol. The molecule has 1 aromatic carbocycles. The summed E-state index contributed by atoms with van der Waals surface area (Å²) in [6, 6.07) is 6.11. The highest BCUT2D eigenvalue weighted by Gasteiger charge is 2.25. The lowest BCUT2D eigenvalue weighted by atomic mass is 10.1. The Morgan fingerprint density at radius 2 is 1.80 bits per heavy atom. The SMILES string of the molecule is COC(=O)C(Cl)C(=O)c1ccc(Cl)cc1. The third-order valence-corrected chi connectivity index (χ3v) is 2.40. The van der Waals surface area contributed by atoms with Crippen LogP contribution in [0, 0.1) is 0 Å². The van der Waals surface area contributed by atoms with Gasteiger partial charge in [-0.25, -0.2) is 4.79 Å². The van der Waals surface area contributed by atoms with Gasteiger partial charge in [-0.3, -0.25) is 4.79 Å². The van der Waals surface area contributed by atoms with Crippen LogP contribution in [0.5, 0.6) is 0 Å². The summed E-state index contributed by atoms with van der Waals surface area (Å²) in [5.74, 6) is -1.27. The Morgan fingerprint density at radius 1 is 1.27 bits per heavy atom. The van der Waals surface area contributed by atoms with Crippen LogP contribution in [0.15, 0.2) is 24.3 Å². The first-order valence-corrected chi connectivity index (χ1v) is 4.89. The van der Waals surface area contributed by atoms with Crippen LogP contribution < -0.4 is 0 Å². The van der Waals surface area contributed by atoms with Gasteiger partial charge in [0.05, 0.1) is 7.11 Å². The van der Waals surface area contributed by atoms with E-state index in [-0.39, 0.29) is 0 Å². The van der Waals surface area contributed by atoms with E-state index >= 15 is 0 Å². The second-order valence-electron chi connectivity index (χ2n) is 2.76. The van der Waals surface area contributed by atoms with Gasteiger partial charge in [0.2, 0.25) is 0 Å². The number of ether oxygens (including phenoxy) is 1. The average Bonchev–Trinajstić information content (AvgIpc) is 2.27. The molecule has 0 N–H and O–H groups in total. The van der Waals surface area contributed by atoms with Crippen LogP contribution in [0.25, 0.3) is 0 Å². The Balaban J connectivity index is 2.85. The predicted molar refractivity (Wildman–Crippen MR) is 57.4 cm³/mol. The fourth-order valence-electron chi connectivity index (χ4n) is 0.971. The van der Waals surface area contributed by atoms with Crippen molar-refractivity contribution in [2.24, 2.45) is 0 Å². The Bertz CT molecular complexity index is 373. The number of halogens is 2. The summed E-state index contributed by atoms with van der Waals surface area (Å²) in [6.45, 7) is 0. The third-order valence-electron chi connectivity index (χ3n) is 1.77. The van der Waals surface area contributed by atoms with Gasteiger partial charge < -0.3 is 4.74 Å². The minimum Gasteiger partial charge on any atom is -0.468 e. The number of rotatable bonds is 3. The fraction of sp³-hybridized carbons (Fsp3) is 0.200. The fourth-order valence-corrected chi connectivity index (χ4v) is 1.31. The molecule has 0 amide bonds. The van der Waals surface area contributed by atoms with Crippen molar-refractivity contribution in [1.29, 1.82) is 0 Å². The molecule has 3 nitrogen and oxygen atoms in total. The highest BCUT2D eigenvalue weighted by atomic mass is 35.5. The maximum absolute atomic E-state index is 11.6. The Kier molecular flexibility index (Phi) is 4.12. The van der Waals surface area contributed by atoms with Gasteiger partial charge in [-0.2, -0.15) is 0 Å². The largest absolute Gasteiger partial charge is 0.468 e. The number of Topliss-reactive ketones (excluding diaryl/α,β-unsaturated/α-hetero) is 1. The molecule has 0 saturated carbocycles. The number of esters is 1. The summed E-state index contributed by atoms with van der Waals surface area (Å²) >= 11 is 11.2. The molecule has 80 valence electrons. The van der Waals surface area contributed by atoms with Gasteiger partial charge >= 0.3 is 5.97 Å². The minimum atomic E-state index is -1.31. The van der Waals surface area contributed by atoms with Crippen molar-refractivity contribution < 1.29 is 14.3 Å². The Labute approximate surface area is 96.9 Å². The number of alkyl halides is 1. The van der Waals surface area contributed by atoms with Crippen LogP contribution in [-0.4, -0.2) is 24.2 Å². The average molecular weight is 247 g/mol. The molecule has 1 unspecified atom stereocenters. The van der Waals surface area contributed by atoms with Crippen LogP contribution in [0.2, 0.25) is 5.02 Å².